The summed E-state index contributed by atoms with van der Waals surface area (Å²) in [6.45, 7) is 1.40. The van der Waals surface area contributed by atoms with Crippen molar-refractivity contribution in [1.82, 2.24) is 5.48 Å². The van der Waals surface area contributed by atoms with Crippen LogP contribution in [0, 0.1) is 0 Å². The van der Waals surface area contributed by atoms with Crippen LogP contribution in [0.2, 0.25) is 0 Å². The lowest BCUT2D eigenvalue weighted by Crippen LogP contribution is -2.26. The maximum atomic E-state index is 12.6. The summed E-state index contributed by atoms with van der Waals surface area (Å²) in [7, 11) is -2.42. The van der Waals surface area contributed by atoms with E-state index in [1.54, 1.807) is 0 Å². The fourth-order valence-electron chi connectivity index (χ4n) is 2.05. The second-order valence-electron chi connectivity index (χ2n) is 5.04. The summed E-state index contributed by atoms with van der Waals surface area (Å²) in [4.78, 5) is 22.6. The minimum atomic E-state index is -3.80. The van der Waals surface area contributed by atoms with Crippen LogP contribution in [0.1, 0.15) is 27.6 Å². The minimum Gasteiger partial charge on any atom is -0.295 e. The molecule has 0 saturated carbocycles. The molecule has 7 nitrogen and oxygen atoms in total. The number of nitrogens with one attached hydrogen (secondary N) is 1. The molecule has 0 atom stereocenters. The van der Waals surface area contributed by atoms with E-state index in [1.165, 1.54) is 68.0 Å². The second kappa shape index (κ2) is 6.81. The summed E-state index contributed by atoms with van der Waals surface area (Å²) in [6, 6.07) is 11.3. The third-order valence-corrected chi connectivity index (χ3v) is 5.31. The first-order valence-corrected chi connectivity index (χ1v) is 8.36. The third kappa shape index (κ3) is 3.44. The molecule has 0 aromatic heterocycles. The lowest BCUT2D eigenvalue weighted by atomic mass is 10.2. The summed E-state index contributed by atoms with van der Waals surface area (Å²) in [5.41, 5.74) is 2.47. The van der Waals surface area contributed by atoms with Crippen molar-refractivity contribution >= 4 is 27.4 Å². The first-order chi connectivity index (χ1) is 11.3. The predicted octanol–water partition coefficient (Wildman–Crippen LogP) is 1.83. The second-order valence-corrected chi connectivity index (χ2v) is 7.01. The fourth-order valence-corrected chi connectivity index (χ4v) is 3.24. The quantitative estimate of drug-likeness (QED) is 0.487. The maximum Gasteiger partial charge on any atom is 0.274 e. The number of hydrogen-bond acceptors (Lipinski definition) is 5. The molecule has 2 aromatic rings. The standard InChI is InChI=1S/C16H16N2O5S/c1-11(19)12-5-9-15(10-6-12)24(22,23)18(2)14-7-3-13(4-8-14)16(20)17-21/h3-10,21H,1-2H3,(H,17,20). The molecule has 0 unspecified atom stereocenters. The van der Waals surface area contributed by atoms with Gasteiger partial charge in [0, 0.05) is 18.2 Å². The van der Waals surface area contributed by atoms with Crippen LogP contribution in [-0.4, -0.2) is 32.4 Å². The Kier molecular flexibility index (Phi) is 5.01. The Hall–Kier alpha value is -2.71. The van der Waals surface area contributed by atoms with Crippen LogP contribution in [0.5, 0.6) is 0 Å². The van der Waals surface area contributed by atoms with Gasteiger partial charge in [0.2, 0.25) is 0 Å². The Morgan fingerprint density at radius 3 is 1.92 bits per heavy atom. The van der Waals surface area contributed by atoms with Gasteiger partial charge in [0.15, 0.2) is 5.78 Å². The van der Waals surface area contributed by atoms with Gasteiger partial charge in [-0.2, -0.15) is 0 Å². The van der Waals surface area contributed by atoms with E-state index >= 15 is 0 Å². The molecule has 126 valence electrons. The average Bonchev–Trinajstić information content (AvgIpc) is 2.60. The van der Waals surface area contributed by atoms with Gasteiger partial charge in [-0.25, -0.2) is 13.9 Å². The number of Topliss-reactive ketones (excluding diaryl/α,β-unsaturated/α-hetero) is 1. The number of anilines is 1. The van der Waals surface area contributed by atoms with Gasteiger partial charge < -0.3 is 0 Å². The Labute approximate surface area is 139 Å². The Morgan fingerprint density at radius 2 is 1.46 bits per heavy atom. The normalized spacial score (nSPS) is 11.0. The van der Waals surface area contributed by atoms with Crippen LogP contribution in [0.3, 0.4) is 0 Å². The number of carbonyl (C=O) groups is 2. The van der Waals surface area contributed by atoms with E-state index in [0.29, 0.717) is 11.3 Å². The van der Waals surface area contributed by atoms with E-state index in [2.05, 4.69) is 0 Å². The number of hydroxylamine groups is 1. The van der Waals surface area contributed by atoms with Crippen molar-refractivity contribution < 1.29 is 23.2 Å². The van der Waals surface area contributed by atoms with E-state index in [9.17, 15) is 18.0 Å². The first kappa shape index (κ1) is 17.6. The molecule has 2 aromatic carbocycles. The summed E-state index contributed by atoms with van der Waals surface area (Å²) in [6.07, 6.45) is 0. The molecular formula is C16H16N2O5S. The van der Waals surface area contributed by atoms with Gasteiger partial charge in [-0.3, -0.25) is 19.1 Å². The lowest BCUT2D eigenvalue weighted by Gasteiger charge is -2.19. The zero-order valence-corrected chi connectivity index (χ0v) is 13.9. The van der Waals surface area contributed by atoms with Gasteiger partial charge in [0.05, 0.1) is 10.6 Å². The third-order valence-electron chi connectivity index (χ3n) is 3.51. The number of carbonyl (C=O) groups excluding carboxylic acids is 2. The zero-order chi connectivity index (χ0) is 17.9. The summed E-state index contributed by atoms with van der Waals surface area (Å²) in [5, 5.41) is 8.58. The van der Waals surface area contributed by atoms with Gasteiger partial charge in [-0.1, -0.05) is 12.1 Å². The van der Waals surface area contributed by atoms with E-state index < -0.39 is 15.9 Å². The van der Waals surface area contributed by atoms with Gasteiger partial charge in [0.25, 0.3) is 15.9 Å². The highest BCUT2D eigenvalue weighted by molar-refractivity contribution is 7.92. The molecule has 0 fully saturated rings. The number of sulfonamides is 1. The van der Waals surface area contributed by atoms with Crippen LogP contribution in [0.15, 0.2) is 53.4 Å². The zero-order valence-electron chi connectivity index (χ0n) is 13.1. The number of hydrogen-bond donors (Lipinski definition) is 2. The number of rotatable bonds is 5. The van der Waals surface area contributed by atoms with Crippen molar-refractivity contribution in [3.05, 3.63) is 59.7 Å². The molecule has 2 N–H and O–H groups in total. The molecule has 0 heterocycles. The van der Waals surface area contributed by atoms with Crippen LogP contribution in [0.4, 0.5) is 5.69 Å². The van der Waals surface area contributed by atoms with Crippen molar-refractivity contribution in [2.24, 2.45) is 0 Å². The van der Waals surface area contributed by atoms with Crippen LogP contribution in [-0.2, 0) is 10.0 Å². The monoisotopic (exact) mass is 348 g/mol. The summed E-state index contributed by atoms with van der Waals surface area (Å²) in [5.74, 6) is -0.836. The topological polar surface area (TPSA) is 104 Å². The van der Waals surface area contributed by atoms with Crippen molar-refractivity contribution in [2.75, 3.05) is 11.4 Å². The molecule has 0 spiro atoms. The Bertz CT molecular complexity index is 858. The van der Waals surface area contributed by atoms with Crippen molar-refractivity contribution in [3.63, 3.8) is 0 Å². The summed E-state index contributed by atoms with van der Waals surface area (Å²) < 4.78 is 26.3. The molecule has 1 amide bonds. The average molecular weight is 348 g/mol. The maximum absolute atomic E-state index is 12.6. The fraction of sp³-hybridized carbons (Fsp3) is 0.125. The summed E-state index contributed by atoms with van der Waals surface area (Å²) >= 11 is 0. The molecule has 0 bridgehead atoms. The number of amides is 1. The number of benzene rings is 2. The van der Waals surface area contributed by atoms with Crippen molar-refractivity contribution in [2.45, 2.75) is 11.8 Å². The van der Waals surface area contributed by atoms with E-state index in [-0.39, 0.29) is 16.2 Å². The van der Waals surface area contributed by atoms with Crippen LogP contribution in [0.25, 0.3) is 0 Å². The van der Waals surface area contributed by atoms with Gasteiger partial charge >= 0.3 is 0 Å². The highest BCUT2D eigenvalue weighted by Gasteiger charge is 2.21. The molecule has 0 aliphatic heterocycles. The highest BCUT2D eigenvalue weighted by atomic mass is 32.2. The van der Waals surface area contributed by atoms with Crippen LogP contribution < -0.4 is 9.79 Å². The van der Waals surface area contributed by atoms with E-state index in [1.807, 2.05) is 0 Å². The molecule has 24 heavy (non-hydrogen) atoms. The number of ketones is 1. The molecular weight excluding hydrogens is 332 g/mol. The highest BCUT2D eigenvalue weighted by Crippen LogP contribution is 2.22. The number of nitrogens with zero attached hydrogens (tertiary/aromatic N) is 1. The van der Waals surface area contributed by atoms with Gasteiger partial charge in [0.1, 0.15) is 0 Å². The van der Waals surface area contributed by atoms with Crippen molar-refractivity contribution in [1.29, 1.82) is 0 Å². The molecule has 0 aliphatic carbocycles. The molecule has 0 aliphatic rings. The minimum absolute atomic E-state index is 0.0483. The Morgan fingerprint density at radius 1 is 0.958 bits per heavy atom. The molecule has 0 saturated heterocycles. The predicted molar refractivity (Wildman–Crippen MR) is 87.7 cm³/mol. The Balaban J connectivity index is 2.31. The molecule has 2 rings (SSSR count). The SMILES string of the molecule is CC(=O)c1ccc(S(=O)(=O)N(C)c2ccc(C(=O)NO)cc2)cc1. The molecule has 0 radical (unpaired) electrons. The van der Waals surface area contributed by atoms with Gasteiger partial charge in [-0.05, 0) is 43.3 Å². The molecule has 8 heteroatoms. The van der Waals surface area contributed by atoms with Gasteiger partial charge in [-0.15, -0.1) is 0 Å². The van der Waals surface area contributed by atoms with Crippen LogP contribution >= 0.6 is 0 Å². The largest absolute Gasteiger partial charge is 0.295 e. The first-order valence-electron chi connectivity index (χ1n) is 6.92. The van der Waals surface area contributed by atoms with E-state index in [4.69, 9.17) is 5.21 Å². The lowest BCUT2D eigenvalue weighted by molar-refractivity contribution is 0.0706. The van der Waals surface area contributed by atoms with Crippen molar-refractivity contribution in [3.8, 4) is 0 Å². The van der Waals surface area contributed by atoms with E-state index in [0.717, 1.165) is 4.31 Å². The smallest absolute Gasteiger partial charge is 0.274 e.